The van der Waals surface area contributed by atoms with E-state index in [9.17, 15) is 18.0 Å². The topological polar surface area (TPSA) is 111 Å². The molecule has 0 fully saturated rings. The number of rotatable bonds is 6. The summed E-state index contributed by atoms with van der Waals surface area (Å²) in [6.45, 7) is 0.981. The average Bonchev–Trinajstić information content (AvgIpc) is 2.96. The van der Waals surface area contributed by atoms with Crippen molar-refractivity contribution in [3.05, 3.63) is 59.7 Å². The highest BCUT2D eigenvalue weighted by atomic mass is 32.2. The van der Waals surface area contributed by atoms with Crippen LogP contribution in [0, 0.1) is 0 Å². The van der Waals surface area contributed by atoms with Crippen LogP contribution < -0.4 is 9.46 Å². The van der Waals surface area contributed by atoms with Gasteiger partial charge in [0.05, 0.1) is 17.6 Å². The maximum atomic E-state index is 12.3. The van der Waals surface area contributed by atoms with Crippen molar-refractivity contribution in [1.82, 2.24) is 4.72 Å². The molecule has 0 spiro atoms. The third-order valence-electron chi connectivity index (χ3n) is 4.08. The average molecular weight is 402 g/mol. The number of carbonyl (C=O) groups excluding carboxylic acids is 2. The normalized spacial score (nSPS) is 16.7. The molecule has 1 unspecified atom stereocenters. The van der Waals surface area contributed by atoms with E-state index in [1.165, 1.54) is 20.1 Å². The van der Waals surface area contributed by atoms with Crippen molar-refractivity contribution < 1.29 is 27.5 Å². The van der Waals surface area contributed by atoms with Crippen molar-refractivity contribution in [2.75, 3.05) is 13.7 Å². The molecule has 0 amide bonds. The first-order valence-corrected chi connectivity index (χ1v) is 9.84. The van der Waals surface area contributed by atoms with E-state index in [1.807, 2.05) is 0 Å². The number of nitrogens with one attached hydrogen (secondary N) is 1. The van der Waals surface area contributed by atoms with Gasteiger partial charge in [-0.25, -0.2) is 13.2 Å². The van der Waals surface area contributed by atoms with E-state index >= 15 is 0 Å². The number of Topliss-reactive ketones (excluding diaryl/α,β-unsaturated/α-hetero) is 1. The van der Waals surface area contributed by atoms with Crippen LogP contribution in [-0.2, 0) is 19.6 Å². The molecular formula is C19H18N2O6S. The molecule has 0 radical (unpaired) electrons. The SMILES string of the molecule is COc1ccccc1C(=O)COC(=O)C(C)N=C1NS(=O)(=O)c2ccccc21. The number of benzene rings is 2. The first-order valence-electron chi connectivity index (χ1n) is 8.36. The van der Waals surface area contributed by atoms with Gasteiger partial charge in [-0.1, -0.05) is 24.3 Å². The number of para-hydroxylation sites is 1. The van der Waals surface area contributed by atoms with Crippen molar-refractivity contribution >= 4 is 27.6 Å². The van der Waals surface area contributed by atoms with Gasteiger partial charge in [-0.05, 0) is 31.2 Å². The summed E-state index contributed by atoms with van der Waals surface area (Å²) in [5.41, 5.74) is 0.682. The number of amidine groups is 1. The number of nitrogens with zero attached hydrogens (tertiary/aromatic N) is 1. The van der Waals surface area contributed by atoms with Gasteiger partial charge in [0.25, 0.3) is 10.0 Å². The van der Waals surface area contributed by atoms with Crippen LogP contribution in [0.2, 0.25) is 0 Å². The molecule has 9 heteroatoms. The van der Waals surface area contributed by atoms with Crippen molar-refractivity contribution in [2.24, 2.45) is 4.99 Å². The predicted molar refractivity (Wildman–Crippen MR) is 101 cm³/mol. The van der Waals surface area contributed by atoms with E-state index in [2.05, 4.69) is 9.71 Å². The summed E-state index contributed by atoms with van der Waals surface area (Å²) < 4.78 is 36.6. The van der Waals surface area contributed by atoms with Gasteiger partial charge < -0.3 is 9.47 Å². The zero-order valence-corrected chi connectivity index (χ0v) is 16.0. The van der Waals surface area contributed by atoms with Crippen LogP contribution >= 0.6 is 0 Å². The fourth-order valence-corrected chi connectivity index (χ4v) is 3.93. The molecule has 3 rings (SSSR count). The van der Waals surface area contributed by atoms with Gasteiger partial charge >= 0.3 is 5.97 Å². The lowest BCUT2D eigenvalue weighted by Gasteiger charge is -2.10. The Labute approximate surface area is 162 Å². The Hall–Kier alpha value is -3.20. The van der Waals surface area contributed by atoms with Gasteiger partial charge in [-0.3, -0.25) is 14.5 Å². The fraction of sp³-hybridized carbons (Fsp3) is 0.211. The third-order valence-corrected chi connectivity index (χ3v) is 5.48. The second kappa shape index (κ2) is 7.81. The summed E-state index contributed by atoms with van der Waals surface area (Å²) in [6.07, 6.45) is 0. The van der Waals surface area contributed by atoms with Crippen LogP contribution in [-0.4, -0.2) is 45.8 Å². The zero-order valence-electron chi connectivity index (χ0n) is 15.2. The van der Waals surface area contributed by atoms with Crippen LogP contribution in [0.3, 0.4) is 0 Å². The molecule has 146 valence electrons. The Kier molecular flexibility index (Phi) is 5.46. The lowest BCUT2D eigenvalue weighted by atomic mass is 10.1. The molecule has 0 aliphatic carbocycles. The lowest BCUT2D eigenvalue weighted by Crippen LogP contribution is -2.27. The van der Waals surface area contributed by atoms with E-state index in [4.69, 9.17) is 9.47 Å². The summed E-state index contributed by atoms with van der Waals surface area (Å²) in [5, 5.41) is 0. The fourth-order valence-electron chi connectivity index (χ4n) is 2.69. The molecule has 1 atom stereocenters. The van der Waals surface area contributed by atoms with Crippen LogP contribution in [0.5, 0.6) is 5.75 Å². The molecule has 0 bridgehead atoms. The molecule has 1 N–H and O–H groups in total. The van der Waals surface area contributed by atoms with Crippen molar-refractivity contribution in [3.63, 3.8) is 0 Å². The van der Waals surface area contributed by atoms with Crippen molar-refractivity contribution in [3.8, 4) is 5.75 Å². The Bertz CT molecular complexity index is 1060. The van der Waals surface area contributed by atoms with Gasteiger partial charge in [0.1, 0.15) is 17.6 Å². The molecule has 8 nitrogen and oxygen atoms in total. The number of sulfonamides is 1. The van der Waals surface area contributed by atoms with E-state index in [0.717, 1.165) is 0 Å². The van der Waals surface area contributed by atoms with Gasteiger partial charge in [0.15, 0.2) is 6.61 Å². The number of aliphatic imine (C=N–C) groups is 1. The Morgan fingerprint density at radius 3 is 2.54 bits per heavy atom. The molecule has 1 aliphatic heterocycles. The highest BCUT2D eigenvalue weighted by Gasteiger charge is 2.31. The lowest BCUT2D eigenvalue weighted by molar-refractivity contribution is -0.143. The minimum Gasteiger partial charge on any atom is -0.496 e. The first kappa shape index (κ1) is 19.6. The van der Waals surface area contributed by atoms with E-state index in [1.54, 1.807) is 42.5 Å². The summed E-state index contributed by atoms with van der Waals surface area (Å²) in [6, 6.07) is 11.9. The molecule has 0 saturated heterocycles. The Morgan fingerprint density at radius 1 is 1.11 bits per heavy atom. The smallest absolute Gasteiger partial charge is 0.331 e. The number of carbonyl (C=O) groups is 2. The van der Waals surface area contributed by atoms with Crippen LogP contribution in [0.4, 0.5) is 0 Å². The third kappa shape index (κ3) is 3.89. The number of esters is 1. The first-order chi connectivity index (χ1) is 13.3. The number of fused-ring (bicyclic) bond motifs is 1. The monoisotopic (exact) mass is 402 g/mol. The van der Waals surface area contributed by atoms with E-state index < -0.39 is 34.4 Å². The van der Waals surface area contributed by atoms with Gasteiger partial charge in [0.2, 0.25) is 5.78 Å². The molecule has 1 heterocycles. The standard InChI is InChI=1S/C19H18N2O6S/c1-12(20-18-14-8-4-6-10-17(14)28(24,25)21-18)19(23)27-11-15(22)13-7-3-5-9-16(13)26-2/h3-10,12H,11H2,1-2H3,(H,20,21). The summed E-state index contributed by atoms with van der Waals surface area (Å²) in [4.78, 5) is 28.7. The number of ketones is 1. The molecule has 0 saturated carbocycles. The van der Waals surface area contributed by atoms with Gasteiger partial charge in [-0.15, -0.1) is 0 Å². The Balaban J connectivity index is 1.69. The number of ether oxygens (including phenoxy) is 2. The largest absolute Gasteiger partial charge is 0.496 e. The Morgan fingerprint density at radius 2 is 1.79 bits per heavy atom. The summed E-state index contributed by atoms with van der Waals surface area (Å²) in [7, 11) is -2.26. The number of hydrogen-bond acceptors (Lipinski definition) is 7. The van der Waals surface area contributed by atoms with E-state index in [0.29, 0.717) is 16.9 Å². The number of hydrogen-bond donors (Lipinski definition) is 1. The minimum atomic E-state index is -3.70. The maximum absolute atomic E-state index is 12.3. The summed E-state index contributed by atoms with van der Waals surface area (Å²) in [5.74, 6) is -0.721. The quantitative estimate of drug-likeness (QED) is 0.580. The van der Waals surface area contributed by atoms with Gasteiger partial charge in [0, 0.05) is 5.56 Å². The molecule has 0 aromatic heterocycles. The summed E-state index contributed by atoms with van der Waals surface area (Å²) >= 11 is 0. The minimum absolute atomic E-state index is 0.0658. The van der Waals surface area contributed by atoms with Crippen molar-refractivity contribution in [1.29, 1.82) is 0 Å². The van der Waals surface area contributed by atoms with Crippen LogP contribution in [0.1, 0.15) is 22.8 Å². The molecule has 1 aliphatic rings. The highest BCUT2D eigenvalue weighted by molar-refractivity contribution is 7.90. The number of methoxy groups -OCH3 is 1. The zero-order chi connectivity index (χ0) is 20.3. The van der Waals surface area contributed by atoms with Crippen LogP contribution in [0.25, 0.3) is 0 Å². The van der Waals surface area contributed by atoms with E-state index in [-0.39, 0.29) is 10.7 Å². The molecular weight excluding hydrogens is 384 g/mol. The molecule has 2 aromatic carbocycles. The van der Waals surface area contributed by atoms with Crippen LogP contribution in [0.15, 0.2) is 58.4 Å². The maximum Gasteiger partial charge on any atom is 0.331 e. The second-order valence-corrected chi connectivity index (χ2v) is 7.64. The predicted octanol–water partition coefficient (Wildman–Crippen LogP) is 1.55. The van der Waals surface area contributed by atoms with Crippen molar-refractivity contribution in [2.45, 2.75) is 17.9 Å². The van der Waals surface area contributed by atoms with Gasteiger partial charge in [-0.2, -0.15) is 0 Å². The highest BCUT2D eigenvalue weighted by Crippen LogP contribution is 2.23. The molecule has 28 heavy (non-hydrogen) atoms. The molecule has 2 aromatic rings. The second-order valence-electron chi connectivity index (χ2n) is 5.99.